The first-order valence-corrected chi connectivity index (χ1v) is 10.0. The lowest BCUT2D eigenvalue weighted by atomic mass is 10.1. The van der Waals surface area contributed by atoms with Gasteiger partial charge in [0.15, 0.2) is 5.82 Å². The highest BCUT2D eigenvalue weighted by Crippen LogP contribution is 2.33. The standard InChI is InChI=1S/C16H16FN3O3S.C2HF3O2/c17-10-2-1-5-18-15(10)23-14-12-3-4-13(14)22-7-6-20(12)16(21)11-8-24-9-19-11;3-2(4,5)1(6)7/h1-2,5,8-9,12-14H,3-4,6-7H2;(H,6,7). The summed E-state index contributed by atoms with van der Waals surface area (Å²) in [5.74, 6) is -3.46. The number of fused-ring (bicyclic) bond motifs is 2. The number of carboxylic acid groups (broad SMARTS) is 1. The number of carbonyl (C=O) groups is 2. The number of halogens is 4. The minimum atomic E-state index is -5.08. The van der Waals surface area contributed by atoms with Crippen LogP contribution in [0.25, 0.3) is 0 Å². The fourth-order valence-electron chi connectivity index (χ4n) is 3.35. The smallest absolute Gasteiger partial charge is 0.475 e. The fraction of sp³-hybridized carbons (Fsp3) is 0.444. The van der Waals surface area contributed by atoms with Crippen molar-refractivity contribution >= 4 is 23.2 Å². The molecule has 31 heavy (non-hydrogen) atoms. The zero-order valence-corrected chi connectivity index (χ0v) is 16.6. The number of pyridine rings is 1. The number of aromatic nitrogens is 2. The highest BCUT2D eigenvalue weighted by Gasteiger charge is 2.46. The Morgan fingerprint density at radius 3 is 2.65 bits per heavy atom. The molecule has 1 aliphatic carbocycles. The van der Waals surface area contributed by atoms with Crippen LogP contribution in [0.5, 0.6) is 5.88 Å². The van der Waals surface area contributed by atoms with Crippen LogP contribution < -0.4 is 4.74 Å². The third-order valence-electron chi connectivity index (χ3n) is 4.68. The van der Waals surface area contributed by atoms with Gasteiger partial charge in [0.2, 0.25) is 0 Å². The highest BCUT2D eigenvalue weighted by molar-refractivity contribution is 7.07. The van der Waals surface area contributed by atoms with Gasteiger partial charge in [-0.15, -0.1) is 11.3 Å². The van der Waals surface area contributed by atoms with Crippen molar-refractivity contribution in [2.45, 2.75) is 37.3 Å². The summed E-state index contributed by atoms with van der Waals surface area (Å²) < 4.78 is 57.3. The lowest BCUT2D eigenvalue weighted by Crippen LogP contribution is -2.48. The summed E-state index contributed by atoms with van der Waals surface area (Å²) >= 11 is 1.38. The van der Waals surface area contributed by atoms with Crippen LogP contribution in [0.2, 0.25) is 0 Å². The van der Waals surface area contributed by atoms with Gasteiger partial charge in [0.1, 0.15) is 11.8 Å². The molecule has 0 radical (unpaired) electrons. The topological polar surface area (TPSA) is 102 Å². The van der Waals surface area contributed by atoms with Crippen molar-refractivity contribution in [1.82, 2.24) is 14.9 Å². The van der Waals surface area contributed by atoms with E-state index in [1.165, 1.54) is 29.7 Å². The van der Waals surface area contributed by atoms with Crippen LogP contribution in [0.4, 0.5) is 17.6 Å². The first-order valence-electron chi connectivity index (χ1n) is 9.06. The zero-order valence-electron chi connectivity index (χ0n) is 15.8. The molecule has 8 nitrogen and oxygen atoms in total. The van der Waals surface area contributed by atoms with Crippen LogP contribution in [-0.4, -0.2) is 69.4 Å². The van der Waals surface area contributed by atoms with E-state index in [1.54, 1.807) is 15.8 Å². The van der Waals surface area contributed by atoms with Gasteiger partial charge in [-0.05, 0) is 25.0 Å². The number of ether oxygens (including phenoxy) is 2. The number of nitrogens with zero attached hydrogens (tertiary/aromatic N) is 3. The molecule has 3 heterocycles. The summed E-state index contributed by atoms with van der Waals surface area (Å²) in [6.45, 7) is 0.906. The second-order valence-corrected chi connectivity index (χ2v) is 7.32. The van der Waals surface area contributed by atoms with Gasteiger partial charge >= 0.3 is 12.1 Å². The quantitative estimate of drug-likeness (QED) is 0.699. The summed E-state index contributed by atoms with van der Waals surface area (Å²) in [5, 5.41) is 8.86. The largest absolute Gasteiger partial charge is 0.490 e. The first kappa shape index (κ1) is 22.9. The summed E-state index contributed by atoms with van der Waals surface area (Å²) in [7, 11) is 0. The van der Waals surface area contributed by atoms with Gasteiger partial charge in [-0.25, -0.2) is 19.2 Å². The molecule has 2 aromatic rings. The number of alkyl halides is 3. The summed E-state index contributed by atoms with van der Waals surface area (Å²) in [4.78, 5) is 31.4. The molecule has 2 bridgehead atoms. The van der Waals surface area contributed by atoms with Gasteiger partial charge in [0.05, 0.1) is 24.3 Å². The molecule has 2 fully saturated rings. The maximum Gasteiger partial charge on any atom is 0.490 e. The molecule has 4 rings (SSSR count). The minimum Gasteiger partial charge on any atom is -0.475 e. The number of rotatable bonds is 3. The van der Waals surface area contributed by atoms with Crippen LogP contribution >= 0.6 is 11.3 Å². The monoisotopic (exact) mass is 463 g/mol. The van der Waals surface area contributed by atoms with E-state index in [-0.39, 0.29) is 23.9 Å². The number of carbonyl (C=O) groups excluding carboxylic acids is 1. The van der Waals surface area contributed by atoms with Gasteiger partial charge in [0.25, 0.3) is 11.8 Å². The lowest BCUT2D eigenvalue weighted by molar-refractivity contribution is -0.192. The zero-order chi connectivity index (χ0) is 22.6. The van der Waals surface area contributed by atoms with Gasteiger partial charge < -0.3 is 19.5 Å². The summed E-state index contributed by atoms with van der Waals surface area (Å²) in [5.41, 5.74) is 2.06. The number of hydrogen-bond donors (Lipinski definition) is 1. The van der Waals surface area contributed by atoms with Crippen molar-refractivity contribution in [2.24, 2.45) is 0 Å². The van der Waals surface area contributed by atoms with Gasteiger partial charge in [-0.1, -0.05) is 0 Å². The van der Waals surface area contributed by atoms with E-state index in [1.807, 2.05) is 0 Å². The fourth-order valence-corrected chi connectivity index (χ4v) is 3.88. The summed E-state index contributed by atoms with van der Waals surface area (Å²) in [6.07, 6.45) is -2.68. The van der Waals surface area contributed by atoms with Crippen molar-refractivity contribution in [3.8, 4) is 5.88 Å². The third-order valence-corrected chi connectivity index (χ3v) is 5.27. The Hall–Kier alpha value is -2.80. The van der Waals surface area contributed by atoms with E-state index in [9.17, 15) is 22.4 Å². The molecular formula is C18H17F4N3O5S. The van der Waals surface area contributed by atoms with E-state index < -0.39 is 24.1 Å². The Kier molecular flexibility index (Phi) is 7.05. The van der Waals surface area contributed by atoms with Crippen molar-refractivity contribution in [3.05, 3.63) is 40.7 Å². The molecule has 3 atom stereocenters. The minimum absolute atomic E-state index is 0.0500. The van der Waals surface area contributed by atoms with Crippen LogP contribution in [-0.2, 0) is 9.53 Å². The van der Waals surface area contributed by atoms with Crippen LogP contribution in [0, 0.1) is 5.82 Å². The summed E-state index contributed by atoms with van der Waals surface area (Å²) in [6, 6.07) is 2.64. The van der Waals surface area contributed by atoms with E-state index >= 15 is 0 Å². The predicted molar refractivity (Wildman–Crippen MR) is 98.2 cm³/mol. The number of amides is 1. The van der Waals surface area contributed by atoms with Crippen molar-refractivity contribution < 1.29 is 41.7 Å². The van der Waals surface area contributed by atoms with Crippen molar-refractivity contribution in [2.75, 3.05) is 13.2 Å². The van der Waals surface area contributed by atoms with Crippen LogP contribution in [0.1, 0.15) is 23.3 Å². The molecule has 2 aliphatic rings. The SMILES string of the molecule is O=C(O)C(F)(F)F.O=C(c1cscn1)N1CCOC2CCC1C2Oc1ncccc1F. The average Bonchev–Trinajstić information content (AvgIpc) is 3.32. The maximum atomic E-state index is 13.9. The van der Waals surface area contributed by atoms with Crippen molar-refractivity contribution in [3.63, 3.8) is 0 Å². The molecule has 2 aromatic heterocycles. The number of aliphatic carboxylic acids is 1. The maximum absolute atomic E-state index is 13.9. The Labute approximate surface area is 177 Å². The molecule has 1 aliphatic heterocycles. The molecule has 168 valence electrons. The number of carboxylic acids is 1. The number of hydrogen-bond acceptors (Lipinski definition) is 7. The molecule has 1 N–H and O–H groups in total. The predicted octanol–water partition coefficient (Wildman–Crippen LogP) is 2.76. The Morgan fingerprint density at radius 1 is 1.29 bits per heavy atom. The van der Waals surface area contributed by atoms with Crippen molar-refractivity contribution in [1.29, 1.82) is 0 Å². The number of thiazole rings is 1. The first-order chi connectivity index (χ1) is 14.7. The van der Waals surface area contributed by atoms with Gasteiger partial charge in [-0.3, -0.25) is 4.79 Å². The Balaban J connectivity index is 0.000000339. The van der Waals surface area contributed by atoms with E-state index in [4.69, 9.17) is 19.4 Å². The average molecular weight is 463 g/mol. The van der Waals surface area contributed by atoms with E-state index in [0.717, 1.165) is 12.8 Å². The molecule has 0 spiro atoms. The highest BCUT2D eigenvalue weighted by atomic mass is 32.1. The second-order valence-electron chi connectivity index (χ2n) is 6.60. The molecular weight excluding hydrogens is 446 g/mol. The Morgan fingerprint density at radius 2 is 2.03 bits per heavy atom. The molecule has 1 saturated heterocycles. The molecule has 3 unspecified atom stereocenters. The van der Waals surface area contributed by atoms with Crippen LogP contribution in [0.15, 0.2) is 29.2 Å². The Bertz CT molecular complexity index is 912. The molecule has 13 heteroatoms. The third kappa shape index (κ3) is 5.47. The second kappa shape index (κ2) is 9.56. The van der Waals surface area contributed by atoms with E-state index in [0.29, 0.717) is 18.8 Å². The van der Waals surface area contributed by atoms with E-state index in [2.05, 4.69) is 9.97 Å². The van der Waals surface area contributed by atoms with Gasteiger partial charge in [-0.2, -0.15) is 13.2 Å². The normalized spacial score (nSPS) is 22.8. The van der Waals surface area contributed by atoms with Crippen LogP contribution in [0.3, 0.4) is 0 Å². The molecule has 1 amide bonds. The molecule has 0 aromatic carbocycles. The lowest BCUT2D eigenvalue weighted by Gasteiger charge is -2.30. The van der Waals surface area contributed by atoms with Gasteiger partial charge in [0, 0.05) is 18.1 Å². The molecule has 1 saturated carbocycles.